The average Bonchev–Trinajstić information content (AvgIpc) is 3.06. The number of para-hydroxylation sites is 1. The lowest BCUT2D eigenvalue weighted by Crippen LogP contribution is -2.42. The second-order valence-corrected chi connectivity index (χ2v) is 8.80. The molecule has 2 N–H and O–H groups in total. The van der Waals surface area contributed by atoms with Crippen molar-refractivity contribution < 1.29 is 19.3 Å². The van der Waals surface area contributed by atoms with Crippen LogP contribution in [-0.4, -0.2) is 38.4 Å². The third-order valence-corrected chi connectivity index (χ3v) is 6.07. The lowest BCUT2D eigenvalue weighted by atomic mass is 10.1. The number of hydrogen-bond acceptors (Lipinski definition) is 7. The molecule has 0 bridgehead atoms. The summed E-state index contributed by atoms with van der Waals surface area (Å²) in [5.74, 6) is -1.51. The number of amides is 3. The van der Waals surface area contributed by atoms with Crippen molar-refractivity contribution in [1.82, 2.24) is 15.8 Å². The van der Waals surface area contributed by atoms with Crippen LogP contribution >= 0.6 is 24.0 Å². The molecule has 0 saturated carbocycles. The van der Waals surface area contributed by atoms with Crippen LogP contribution in [0.1, 0.15) is 34.3 Å². The van der Waals surface area contributed by atoms with E-state index in [1.807, 2.05) is 31.2 Å². The molecule has 0 radical (unpaired) electrons. The Morgan fingerprint density at radius 1 is 1.15 bits per heavy atom. The molecule has 33 heavy (non-hydrogen) atoms. The molecule has 0 unspecified atom stereocenters. The van der Waals surface area contributed by atoms with Gasteiger partial charge in [-0.15, -0.1) is 0 Å². The minimum atomic E-state index is -0.797. The highest BCUT2D eigenvalue weighted by molar-refractivity contribution is 8.26. The predicted octanol–water partition coefficient (Wildman–Crippen LogP) is 3.35. The summed E-state index contributed by atoms with van der Waals surface area (Å²) < 4.78 is 0.420. The molecule has 9 nitrogen and oxygen atoms in total. The molecule has 0 aliphatic carbocycles. The van der Waals surface area contributed by atoms with Crippen LogP contribution in [0.4, 0.5) is 5.69 Å². The fraction of sp³-hybridized carbons (Fsp3) is 0.182. The van der Waals surface area contributed by atoms with Crippen LogP contribution in [-0.2, 0) is 9.59 Å². The van der Waals surface area contributed by atoms with Gasteiger partial charge in [0.2, 0.25) is 5.91 Å². The maximum absolute atomic E-state index is 12.7. The van der Waals surface area contributed by atoms with Crippen LogP contribution in [0.5, 0.6) is 0 Å². The molecule has 2 aromatic carbocycles. The van der Waals surface area contributed by atoms with E-state index in [1.54, 1.807) is 6.08 Å². The number of nitro benzene ring substituents is 1. The van der Waals surface area contributed by atoms with Gasteiger partial charge in [0.05, 0.1) is 9.83 Å². The maximum Gasteiger partial charge on any atom is 0.282 e. The molecule has 0 atom stereocenters. The van der Waals surface area contributed by atoms with Gasteiger partial charge in [0.25, 0.3) is 17.5 Å². The van der Waals surface area contributed by atoms with E-state index in [1.165, 1.54) is 40.9 Å². The highest BCUT2D eigenvalue weighted by atomic mass is 32.2. The molecule has 1 saturated heterocycles. The summed E-state index contributed by atoms with van der Waals surface area (Å²) >= 11 is 6.51. The Morgan fingerprint density at radius 3 is 2.55 bits per heavy atom. The summed E-state index contributed by atoms with van der Waals surface area (Å²) in [5.41, 5.74) is 5.88. The van der Waals surface area contributed by atoms with E-state index in [0.29, 0.717) is 15.6 Å². The normalized spacial score (nSPS) is 14.5. The van der Waals surface area contributed by atoms with Crippen molar-refractivity contribution in [3.8, 4) is 0 Å². The number of carbonyl (C=O) groups is 3. The van der Waals surface area contributed by atoms with Crippen LogP contribution in [0.2, 0.25) is 0 Å². The van der Waals surface area contributed by atoms with Gasteiger partial charge >= 0.3 is 0 Å². The van der Waals surface area contributed by atoms with Crippen LogP contribution in [0.15, 0.2) is 53.4 Å². The van der Waals surface area contributed by atoms with Gasteiger partial charge in [-0.2, -0.15) is 0 Å². The number of hydrazine groups is 1. The van der Waals surface area contributed by atoms with E-state index < -0.39 is 16.7 Å². The fourth-order valence-corrected chi connectivity index (χ4v) is 4.29. The number of nitrogens with one attached hydrogen (secondary N) is 2. The third-order valence-electron chi connectivity index (χ3n) is 4.70. The molecule has 0 spiro atoms. The van der Waals surface area contributed by atoms with E-state index in [9.17, 15) is 24.5 Å². The Kier molecular flexibility index (Phi) is 7.91. The Balaban J connectivity index is 1.48. The standard InChI is InChI=1S/C22H20N4O5S2/c1-14-8-10-15(11-9-14)13-18-21(29)25(22(32)33-18)12-4-7-19(27)23-24-20(28)16-5-2-3-6-17(16)26(30)31/h2-3,5-6,8-11,13H,4,7,12H2,1H3,(H,23,27)(H,24,28)/b18-13-. The van der Waals surface area contributed by atoms with Crippen molar-refractivity contribution >= 4 is 57.8 Å². The molecule has 0 aromatic heterocycles. The lowest BCUT2D eigenvalue weighted by molar-refractivity contribution is -0.385. The molecule has 2 aromatic rings. The van der Waals surface area contributed by atoms with Gasteiger partial charge in [-0.25, -0.2) is 0 Å². The second-order valence-electron chi connectivity index (χ2n) is 7.12. The predicted molar refractivity (Wildman–Crippen MR) is 129 cm³/mol. The van der Waals surface area contributed by atoms with Crippen LogP contribution in [0.25, 0.3) is 6.08 Å². The highest BCUT2D eigenvalue weighted by Crippen LogP contribution is 2.32. The summed E-state index contributed by atoms with van der Waals surface area (Å²) in [5, 5.41) is 11.0. The van der Waals surface area contributed by atoms with Gasteiger partial charge < -0.3 is 0 Å². The molecule has 1 heterocycles. The van der Waals surface area contributed by atoms with Crippen LogP contribution in [0.3, 0.4) is 0 Å². The van der Waals surface area contributed by atoms with Gasteiger partial charge in [-0.05, 0) is 31.1 Å². The number of aryl methyl sites for hydroxylation is 1. The Hall–Kier alpha value is -3.57. The third kappa shape index (κ3) is 6.24. The lowest BCUT2D eigenvalue weighted by Gasteiger charge is -2.14. The number of nitrogens with zero attached hydrogens (tertiary/aromatic N) is 2. The first kappa shape index (κ1) is 24.1. The quantitative estimate of drug-likeness (QED) is 0.267. The van der Waals surface area contributed by atoms with Gasteiger partial charge in [-0.3, -0.25) is 40.2 Å². The molecule has 3 amide bonds. The number of thiocarbonyl (C=S) groups is 1. The zero-order chi connectivity index (χ0) is 24.0. The highest BCUT2D eigenvalue weighted by Gasteiger charge is 2.31. The zero-order valence-corrected chi connectivity index (χ0v) is 19.2. The molecular weight excluding hydrogens is 464 g/mol. The second kappa shape index (κ2) is 10.8. The maximum atomic E-state index is 12.7. The topological polar surface area (TPSA) is 122 Å². The SMILES string of the molecule is Cc1ccc(/C=C2\SC(=S)N(CCCC(=O)NNC(=O)c3ccccc3[N+](=O)[O-])C2=O)cc1. The molecular formula is C22H20N4O5S2. The van der Waals surface area contributed by atoms with Gasteiger partial charge in [0, 0.05) is 19.0 Å². The molecule has 170 valence electrons. The Morgan fingerprint density at radius 2 is 1.85 bits per heavy atom. The number of hydrogen-bond donors (Lipinski definition) is 2. The van der Waals surface area contributed by atoms with Crippen molar-refractivity contribution in [3.05, 3.63) is 80.2 Å². The summed E-state index contributed by atoms with van der Waals surface area (Å²) in [6.07, 6.45) is 2.12. The number of thioether (sulfide) groups is 1. The van der Waals surface area contributed by atoms with Crippen molar-refractivity contribution in [1.29, 1.82) is 0 Å². The molecule has 3 rings (SSSR count). The van der Waals surface area contributed by atoms with E-state index in [4.69, 9.17) is 12.2 Å². The Labute approximate surface area is 199 Å². The van der Waals surface area contributed by atoms with Crippen molar-refractivity contribution in [2.45, 2.75) is 19.8 Å². The van der Waals surface area contributed by atoms with E-state index in [-0.39, 0.29) is 30.1 Å². The van der Waals surface area contributed by atoms with Gasteiger partial charge in [0.15, 0.2) is 0 Å². The van der Waals surface area contributed by atoms with E-state index in [2.05, 4.69) is 10.9 Å². The minimum Gasteiger partial charge on any atom is -0.293 e. The van der Waals surface area contributed by atoms with Crippen molar-refractivity contribution in [2.75, 3.05) is 6.54 Å². The molecule has 1 fully saturated rings. The summed E-state index contributed by atoms with van der Waals surface area (Å²) in [7, 11) is 0. The van der Waals surface area contributed by atoms with E-state index in [0.717, 1.165) is 11.1 Å². The van der Waals surface area contributed by atoms with E-state index >= 15 is 0 Å². The Bertz CT molecular complexity index is 1150. The fourth-order valence-electron chi connectivity index (χ4n) is 2.99. The molecule has 1 aliphatic rings. The average molecular weight is 485 g/mol. The van der Waals surface area contributed by atoms with Crippen molar-refractivity contribution in [2.24, 2.45) is 0 Å². The number of carbonyl (C=O) groups excluding carboxylic acids is 3. The van der Waals surface area contributed by atoms with Gasteiger partial charge in [0.1, 0.15) is 9.88 Å². The molecule has 11 heteroatoms. The van der Waals surface area contributed by atoms with Crippen LogP contribution < -0.4 is 10.9 Å². The first-order valence-corrected chi connectivity index (χ1v) is 11.1. The van der Waals surface area contributed by atoms with Gasteiger partial charge in [-0.1, -0.05) is 65.9 Å². The summed E-state index contributed by atoms with van der Waals surface area (Å²) in [4.78, 5) is 49.2. The molecule has 1 aliphatic heterocycles. The minimum absolute atomic E-state index is 0.0191. The smallest absolute Gasteiger partial charge is 0.282 e. The summed E-state index contributed by atoms with van der Waals surface area (Å²) in [6, 6.07) is 13.2. The first-order valence-electron chi connectivity index (χ1n) is 9.91. The largest absolute Gasteiger partial charge is 0.293 e. The van der Waals surface area contributed by atoms with Crippen LogP contribution in [0, 0.1) is 17.0 Å². The zero-order valence-electron chi connectivity index (χ0n) is 17.6. The number of rotatable bonds is 7. The van der Waals surface area contributed by atoms with Crippen molar-refractivity contribution in [3.63, 3.8) is 0 Å². The monoisotopic (exact) mass is 484 g/mol. The first-order chi connectivity index (χ1) is 15.8. The number of nitro groups is 1. The number of benzene rings is 2. The summed E-state index contributed by atoms with van der Waals surface area (Å²) in [6.45, 7) is 2.23.